The molecule has 0 spiro atoms. The molecule has 0 amide bonds. The highest BCUT2D eigenvalue weighted by Crippen LogP contribution is 2.18. The van der Waals surface area contributed by atoms with Gasteiger partial charge in [-0.15, -0.1) is 0 Å². The van der Waals surface area contributed by atoms with Crippen LogP contribution in [0.1, 0.15) is 309 Å². The SMILES string of the molecule is CC/C=C\C/C=C\C/C=C\C/C=C\CCCCCCC(=O)OC(COC(=O)CCCCCCCCCCCCCCCCCCCCCCCCCCCCC/C=C\C/C=C\CCCCCCC)COC(OCC[N+](C)(C)C)C(=O)O. The average Bonchev–Trinajstić information content (AvgIpc) is 3.44. The van der Waals surface area contributed by atoms with Gasteiger partial charge in [0.2, 0.25) is 0 Å². The summed E-state index contributed by atoms with van der Waals surface area (Å²) in [7, 11) is 5.96. The van der Waals surface area contributed by atoms with Crippen LogP contribution in [0, 0.1) is 0 Å². The van der Waals surface area contributed by atoms with Crippen molar-refractivity contribution in [1.82, 2.24) is 0 Å². The highest BCUT2D eigenvalue weighted by atomic mass is 16.7. The Labute approximate surface area is 500 Å². The van der Waals surface area contributed by atoms with E-state index in [0.29, 0.717) is 23.9 Å². The first-order chi connectivity index (χ1) is 39.6. The van der Waals surface area contributed by atoms with E-state index >= 15 is 0 Å². The molecule has 0 bridgehead atoms. The summed E-state index contributed by atoms with van der Waals surface area (Å²) in [4.78, 5) is 37.5. The zero-order valence-corrected chi connectivity index (χ0v) is 53.7. The van der Waals surface area contributed by atoms with E-state index in [4.69, 9.17) is 18.9 Å². The normalized spacial score (nSPS) is 13.1. The van der Waals surface area contributed by atoms with Crippen molar-refractivity contribution >= 4 is 17.9 Å². The van der Waals surface area contributed by atoms with Crippen LogP contribution in [0.3, 0.4) is 0 Å². The summed E-state index contributed by atoms with van der Waals surface area (Å²) in [5, 5.41) is 9.71. The van der Waals surface area contributed by atoms with E-state index in [-0.39, 0.29) is 32.2 Å². The maximum Gasteiger partial charge on any atom is 0.361 e. The maximum absolute atomic E-state index is 12.9. The lowest BCUT2D eigenvalue weighted by Crippen LogP contribution is -2.40. The van der Waals surface area contributed by atoms with Crippen molar-refractivity contribution in [2.45, 2.75) is 322 Å². The van der Waals surface area contributed by atoms with Gasteiger partial charge in [0, 0.05) is 12.8 Å². The fourth-order valence-electron chi connectivity index (χ4n) is 9.74. The number of esters is 2. The van der Waals surface area contributed by atoms with Gasteiger partial charge in [-0.3, -0.25) is 9.59 Å². The van der Waals surface area contributed by atoms with Crippen molar-refractivity contribution in [2.24, 2.45) is 0 Å². The van der Waals surface area contributed by atoms with E-state index in [1.165, 1.54) is 199 Å². The second-order valence-corrected chi connectivity index (χ2v) is 24.1. The molecular weight excluding hydrogens is 1010 g/mol. The molecule has 2 unspecified atom stereocenters. The van der Waals surface area contributed by atoms with Crippen molar-refractivity contribution in [3.8, 4) is 0 Å². The minimum absolute atomic E-state index is 0.181. The summed E-state index contributed by atoms with van der Waals surface area (Å²) in [6, 6.07) is 0. The highest BCUT2D eigenvalue weighted by molar-refractivity contribution is 5.71. The van der Waals surface area contributed by atoms with Crippen LogP contribution < -0.4 is 0 Å². The van der Waals surface area contributed by atoms with Gasteiger partial charge in [0.15, 0.2) is 6.10 Å². The molecule has 9 nitrogen and oxygen atoms in total. The first-order valence-corrected chi connectivity index (χ1v) is 34.1. The highest BCUT2D eigenvalue weighted by Gasteiger charge is 2.25. The number of hydrogen-bond donors (Lipinski definition) is 1. The number of carboxylic acids is 1. The number of quaternary nitrogens is 1. The van der Waals surface area contributed by atoms with Crippen LogP contribution in [0.25, 0.3) is 0 Å². The number of rotatable bonds is 63. The molecule has 0 saturated carbocycles. The molecule has 0 rings (SSSR count). The number of carboxylic acid groups (broad SMARTS) is 1. The standard InChI is InChI=1S/C72H129NO8/c1-6-8-10-12-14-16-18-20-22-24-25-26-27-28-29-30-31-32-33-34-35-36-37-38-39-40-41-42-43-44-45-47-48-50-52-54-56-58-60-62-69(74)79-66-68(67-80-72(71(76)77)78-65-64-73(3,4)5)81-70(75)63-61-59-57-55-53-51-49-46-23-21-19-17-15-13-11-9-7-2/h9,11,15,17-18,20-21,23-25,49,51,68,72H,6-8,10,12-14,16,19,22,26-48,50,52-67H2,1-5H3/p+1/b11-9-,17-15-,20-18-,23-21-,25-24-,51-49-. The van der Waals surface area contributed by atoms with Crippen molar-refractivity contribution in [3.05, 3.63) is 72.9 Å². The smallest absolute Gasteiger partial charge is 0.361 e. The van der Waals surface area contributed by atoms with Crippen molar-refractivity contribution in [3.63, 3.8) is 0 Å². The second kappa shape index (κ2) is 62.8. The van der Waals surface area contributed by atoms with Gasteiger partial charge in [-0.05, 0) is 83.5 Å². The summed E-state index contributed by atoms with van der Waals surface area (Å²) in [5.41, 5.74) is 0. The van der Waals surface area contributed by atoms with Crippen LogP contribution in [0.2, 0.25) is 0 Å². The lowest BCUT2D eigenvalue weighted by atomic mass is 10.0. The lowest BCUT2D eigenvalue weighted by Gasteiger charge is -2.25. The van der Waals surface area contributed by atoms with Crippen LogP contribution in [0.15, 0.2) is 72.9 Å². The van der Waals surface area contributed by atoms with Crippen molar-refractivity contribution < 1.29 is 42.9 Å². The number of ether oxygens (including phenoxy) is 4. The summed E-state index contributed by atoms with van der Waals surface area (Å²) >= 11 is 0. The molecular formula is C72H130NO8+. The van der Waals surface area contributed by atoms with Gasteiger partial charge in [0.25, 0.3) is 6.29 Å². The third-order valence-corrected chi connectivity index (χ3v) is 14.9. The quantitative estimate of drug-likeness (QED) is 0.0211. The summed E-state index contributed by atoms with van der Waals surface area (Å²) in [5.74, 6) is -2.03. The molecule has 81 heavy (non-hydrogen) atoms. The molecule has 0 aliphatic rings. The van der Waals surface area contributed by atoms with Crippen LogP contribution in [0.5, 0.6) is 0 Å². The Bertz CT molecular complexity index is 1560. The van der Waals surface area contributed by atoms with Gasteiger partial charge in [0.1, 0.15) is 13.2 Å². The van der Waals surface area contributed by atoms with E-state index in [1.54, 1.807) is 0 Å². The van der Waals surface area contributed by atoms with E-state index in [0.717, 1.165) is 77.0 Å². The van der Waals surface area contributed by atoms with Crippen molar-refractivity contribution in [2.75, 3.05) is 47.5 Å². The molecule has 0 aliphatic heterocycles. The Kier molecular flexibility index (Phi) is 60.2. The molecule has 470 valence electrons. The number of unbranched alkanes of at least 4 members (excludes halogenated alkanes) is 36. The average molecular weight is 1140 g/mol. The molecule has 0 fully saturated rings. The summed E-state index contributed by atoms with van der Waals surface area (Å²) < 4.78 is 22.9. The lowest BCUT2D eigenvalue weighted by molar-refractivity contribution is -0.870. The number of likely N-dealkylation sites (N-methyl/N-ethyl adjacent to an activating group) is 1. The van der Waals surface area contributed by atoms with Gasteiger partial charge in [0.05, 0.1) is 34.4 Å². The molecule has 0 aromatic heterocycles. The molecule has 0 radical (unpaired) electrons. The van der Waals surface area contributed by atoms with E-state index in [2.05, 4.69) is 86.8 Å². The topological polar surface area (TPSA) is 108 Å². The first-order valence-electron chi connectivity index (χ1n) is 34.1. The Hall–Kier alpha value is -3.27. The molecule has 0 saturated heterocycles. The molecule has 2 atom stereocenters. The minimum atomic E-state index is -1.52. The third-order valence-electron chi connectivity index (χ3n) is 14.9. The van der Waals surface area contributed by atoms with Crippen LogP contribution in [-0.2, 0) is 33.3 Å². The molecule has 1 N–H and O–H groups in total. The molecule has 0 aliphatic carbocycles. The zero-order valence-electron chi connectivity index (χ0n) is 53.7. The number of nitrogens with zero attached hydrogens (tertiary/aromatic N) is 1. The van der Waals surface area contributed by atoms with Gasteiger partial charge in [-0.25, -0.2) is 4.79 Å². The number of carbonyl (C=O) groups is 3. The zero-order chi connectivity index (χ0) is 59.1. The van der Waals surface area contributed by atoms with Gasteiger partial charge < -0.3 is 28.5 Å². The fraction of sp³-hybridized carbons (Fsp3) is 0.792. The third kappa shape index (κ3) is 64.1. The summed E-state index contributed by atoms with van der Waals surface area (Å²) in [6.07, 6.45) is 80.4. The predicted molar refractivity (Wildman–Crippen MR) is 346 cm³/mol. The molecule has 0 aromatic rings. The van der Waals surface area contributed by atoms with E-state index in [1.807, 2.05) is 21.1 Å². The molecule has 0 heterocycles. The van der Waals surface area contributed by atoms with Crippen LogP contribution >= 0.6 is 0 Å². The minimum Gasteiger partial charge on any atom is -0.477 e. The second-order valence-electron chi connectivity index (χ2n) is 24.1. The monoisotopic (exact) mass is 1140 g/mol. The molecule has 0 aromatic carbocycles. The molecule has 9 heteroatoms. The number of aliphatic carboxylic acids is 1. The Morgan fingerprint density at radius 2 is 0.704 bits per heavy atom. The number of carbonyl (C=O) groups excluding carboxylic acids is 2. The fourth-order valence-corrected chi connectivity index (χ4v) is 9.74. The van der Waals surface area contributed by atoms with Crippen LogP contribution in [-0.4, -0.2) is 87.4 Å². The first kappa shape index (κ1) is 77.7. The number of allylic oxidation sites excluding steroid dienone is 12. The van der Waals surface area contributed by atoms with Gasteiger partial charge in [-0.2, -0.15) is 0 Å². The predicted octanol–water partition coefficient (Wildman–Crippen LogP) is 20.9. The van der Waals surface area contributed by atoms with Gasteiger partial charge >= 0.3 is 17.9 Å². The number of hydrogen-bond acceptors (Lipinski definition) is 7. The Balaban J connectivity index is 3.96. The van der Waals surface area contributed by atoms with Gasteiger partial charge in [-0.1, -0.05) is 286 Å². The van der Waals surface area contributed by atoms with Crippen LogP contribution in [0.4, 0.5) is 0 Å². The largest absolute Gasteiger partial charge is 0.477 e. The maximum atomic E-state index is 12.9. The van der Waals surface area contributed by atoms with Crippen molar-refractivity contribution in [1.29, 1.82) is 0 Å². The Morgan fingerprint density at radius 1 is 0.383 bits per heavy atom. The van der Waals surface area contributed by atoms with E-state index in [9.17, 15) is 19.5 Å². The van der Waals surface area contributed by atoms with E-state index < -0.39 is 24.3 Å². The Morgan fingerprint density at radius 3 is 1.05 bits per heavy atom. The summed E-state index contributed by atoms with van der Waals surface area (Å²) in [6.45, 7) is 4.75.